The maximum Gasteiger partial charge on any atom is 0.147 e. The third-order valence-electron chi connectivity index (χ3n) is 4.52. The summed E-state index contributed by atoms with van der Waals surface area (Å²) in [5.41, 5.74) is 5.93. The van der Waals surface area contributed by atoms with E-state index in [-0.39, 0.29) is 6.04 Å². The van der Waals surface area contributed by atoms with Gasteiger partial charge in [-0.3, -0.25) is 0 Å². The zero-order valence-electron chi connectivity index (χ0n) is 13.6. The van der Waals surface area contributed by atoms with Crippen LogP contribution in [0.2, 0.25) is 0 Å². The van der Waals surface area contributed by atoms with Crippen LogP contribution in [0.3, 0.4) is 0 Å². The van der Waals surface area contributed by atoms with E-state index in [1.54, 1.807) is 0 Å². The third-order valence-corrected chi connectivity index (χ3v) is 5.70. The smallest absolute Gasteiger partial charge is 0.147 e. The van der Waals surface area contributed by atoms with Crippen molar-refractivity contribution in [3.05, 3.63) is 26.6 Å². The van der Waals surface area contributed by atoms with Crippen LogP contribution in [0.15, 0.2) is 26.2 Å². The molecule has 126 valence electrons. The standard InChI is InChI=1S/C17H23Br2N3O/c1-3-6-22-7-5-15-12(10-22)16(21-20-15)11-8-13(18)17(23-4-2)14(19)9-11/h8-9,12,16,21H,3-7,10H2,1-2H3. The van der Waals surface area contributed by atoms with Crippen molar-refractivity contribution in [1.82, 2.24) is 10.3 Å². The molecular weight excluding hydrogens is 422 g/mol. The molecule has 0 saturated carbocycles. The Hall–Kier alpha value is -0.590. The fourth-order valence-corrected chi connectivity index (χ4v) is 4.93. The highest BCUT2D eigenvalue weighted by Gasteiger charge is 2.37. The monoisotopic (exact) mass is 443 g/mol. The first-order valence-electron chi connectivity index (χ1n) is 8.30. The number of hydrazone groups is 1. The normalized spacial score (nSPS) is 24.1. The van der Waals surface area contributed by atoms with Gasteiger partial charge in [0.25, 0.3) is 0 Å². The molecule has 2 aliphatic heterocycles. The number of hydrogen-bond acceptors (Lipinski definition) is 4. The van der Waals surface area contributed by atoms with Gasteiger partial charge in [-0.25, -0.2) is 0 Å². The van der Waals surface area contributed by atoms with Crippen molar-refractivity contribution >= 4 is 37.6 Å². The number of fused-ring (bicyclic) bond motifs is 1. The van der Waals surface area contributed by atoms with Crippen molar-refractivity contribution in [3.63, 3.8) is 0 Å². The summed E-state index contributed by atoms with van der Waals surface area (Å²) in [5.74, 6) is 1.33. The maximum absolute atomic E-state index is 5.69. The van der Waals surface area contributed by atoms with Gasteiger partial charge in [0.05, 0.1) is 21.6 Å². The lowest BCUT2D eigenvalue weighted by Crippen LogP contribution is -2.42. The van der Waals surface area contributed by atoms with Crippen molar-refractivity contribution in [2.45, 2.75) is 32.7 Å². The Kier molecular flexibility index (Phi) is 5.65. The van der Waals surface area contributed by atoms with Crippen LogP contribution in [0.4, 0.5) is 0 Å². The fraction of sp³-hybridized carbons (Fsp3) is 0.588. The van der Waals surface area contributed by atoms with E-state index in [4.69, 9.17) is 4.74 Å². The minimum Gasteiger partial charge on any atom is -0.492 e. The zero-order valence-corrected chi connectivity index (χ0v) is 16.8. The number of ether oxygens (including phenoxy) is 1. The van der Waals surface area contributed by atoms with Gasteiger partial charge in [0.2, 0.25) is 0 Å². The van der Waals surface area contributed by atoms with Crippen LogP contribution >= 0.6 is 31.9 Å². The molecule has 2 unspecified atom stereocenters. The second-order valence-electron chi connectivity index (χ2n) is 6.11. The van der Waals surface area contributed by atoms with E-state index in [1.807, 2.05) is 6.92 Å². The summed E-state index contributed by atoms with van der Waals surface area (Å²) < 4.78 is 7.66. The SMILES string of the molecule is CCCN1CCC2=NNC(c3cc(Br)c(OCC)c(Br)c3)C2C1. The Bertz CT molecular complexity index is 582. The van der Waals surface area contributed by atoms with Gasteiger partial charge in [-0.2, -0.15) is 5.10 Å². The molecular formula is C17H23Br2N3O. The van der Waals surface area contributed by atoms with E-state index in [2.05, 4.69) is 66.3 Å². The Morgan fingerprint density at radius 2 is 2.04 bits per heavy atom. The summed E-state index contributed by atoms with van der Waals surface area (Å²) in [6, 6.07) is 4.56. The number of likely N-dealkylation sites (tertiary alicyclic amines) is 1. The molecule has 0 aliphatic carbocycles. The molecule has 6 heteroatoms. The first kappa shape index (κ1) is 17.2. The number of nitrogens with zero attached hydrogens (tertiary/aromatic N) is 2. The third kappa shape index (κ3) is 3.59. The summed E-state index contributed by atoms with van der Waals surface area (Å²) >= 11 is 7.28. The molecule has 3 rings (SSSR count). The molecule has 4 nitrogen and oxygen atoms in total. The molecule has 1 N–H and O–H groups in total. The second kappa shape index (κ2) is 7.53. The summed E-state index contributed by atoms with van der Waals surface area (Å²) in [4.78, 5) is 2.56. The molecule has 1 aromatic carbocycles. The Morgan fingerprint density at radius 3 is 2.70 bits per heavy atom. The van der Waals surface area contributed by atoms with Gasteiger partial charge >= 0.3 is 0 Å². The van der Waals surface area contributed by atoms with E-state index in [0.717, 1.165) is 34.2 Å². The average molecular weight is 445 g/mol. The fourth-order valence-electron chi connectivity index (χ4n) is 3.48. The predicted octanol–water partition coefficient (Wildman–Crippen LogP) is 4.34. The van der Waals surface area contributed by atoms with Crippen LogP contribution < -0.4 is 10.2 Å². The number of halogens is 2. The molecule has 0 spiro atoms. The first-order chi connectivity index (χ1) is 11.1. The highest BCUT2D eigenvalue weighted by Crippen LogP contribution is 2.40. The summed E-state index contributed by atoms with van der Waals surface area (Å²) in [6.45, 7) is 8.29. The number of hydrogen-bond donors (Lipinski definition) is 1. The number of rotatable bonds is 5. The molecule has 1 fully saturated rings. The van der Waals surface area contributed by atoms with Crippen LogP contribution in [0.1, 0.15) is 38.3 Å². The minimum atomic E-state index is 0.243. The maximum atomic E-state index is 5.69. The van der Waals surface area contributed by atoms with Crippen molar-refractivity contribution in [3.8, 4) is 5.75 Å². The minimum absolute atomic E-state index is 0.243. The molecule has 2 atom stereocenters. The second-order valence-corrected chi connectivity index (χ2v) is 7.82. The van der Waals surface area contributed by atoms with Crippen LogP contribution in [-0.4, -0.2) is 36.9 Å². The molecule has 0 aromatic heterocycles. The summed E-state index contributed by atoms with van der Waals surface area (Å²) in [6.07, 6.45) is 2.28. The van der Waals surface area contributed by atoms with Crippen LogP contribution in [0.5, 0.6) is 5.75 Å². The summed E-state index contributed by atoms with van der Waals surface area (Å²) in [5, 5.41) is 4.61. The van der Waals surface area contributed by atoms with E-state index in [1.165, 1.54) is 24.2 Å². The van der Waals surface area contributed by atoms with Gasteiger partial charge in [0.15, 0.2) is 0 Å². The zero-order chi connectivity index (χ0) is 16.4. The topological polar surface area (TPSA) is 36.9 Å². The highest BCUT2D eigenvalue weighted by atomic mass is 79.9. The van der Waals surface area contributed by atoms with Crippen molar-refractivity contribution in [2.24, 2.45) is 11.0 Å². The van der Waals surface area contributed by atoms with Gasteiger partial charge in [-0.15, -0.1) is 0 Å². The van der Waals surface area contributed by atoms with Gasteiger partial charge in [0, 0.05) is 31.1 Å². The quantitative estimate of drug-likeness (QED) is 0.733. The molecule has 0 amide bonds. The molecule has 23 heavy (non-hydrogen) atoms. The van der Waals surface area contributed by atoms with Crippen LogP contribution in [-0.2, 0) is 0 Å². The molecule has 1 aromatic rings. The average Bonchev–Trinajstić information content (AvgIpc) is 2.94. The molecule has 0 bridgehead atoms. The summed E-state index contributed by atoms with van der Waals surface area (Å²) in [7, 11) is 0. The van der Waals surface area contributed by atoms with Gasteiger partial charge in [0.1, 0.15) is 5.75 Å². The molecule has 2 aliphatic rings. The van der Waals surface area contributed by atoms with Gasteiger partial charge < -0.3 is 15.1 Å². The molecule has 0 radical (unpaired) electrons. The number of benzene rings is 1. The molecule has 1 saturated heterocycles. The van der Waals surface area contributed by atoms with E-state index in [9.17, 15) is 0 Å². The van der Waals surface area contributed by atoms with E-state index < -0.39 is 0 Å². The van der Waals surface area contributed by atoms with Crippen molar-refractivity contribution in [1.29, 1.82) is 0 Å². The van der Waals surface area contributed by atoms with Crippen molar-refractivity contribution in [2.75, 3.05) is 26.2 Å². The Balaban J connectivity index is 1.82. The Morgan fingerprint density at radius 1 is 1.30 bits per heavy atom. The lowest BCUT2D eigenvalue weighted by Gasteiger charge is -2.33. The van der Waals surface area contributed by atoms with E-state index in [0.29, 0.717) is 12.5 Å². The van der Waals surface area contributed by atoms with Gasteiger partial charge in [-0.1, -0.05) is 6.92 Å². The Labute approximate surface area is 154 Å². The van der Waals surface area contributed by atoms with Crippen molar-refractivity contribution < 1.29 is 4.74 Å². The van der Waals surface area contributed by atoms with Crippen LogP contribution in [0, 0.1) is 5.92 Å². The predicted molar refractivity (Wildman–Crippen MR) is 101 cm³/mol. The van der Waals surface area contributed by atoms with Crippen LogP contribution in [0.25, 0.3) is 0 Å². The first-order valence-corrected chi connectivity index (χ1v) is 9.88. The van der Waals surface area contributed by atoms with E-state index >= 15 is 0 Å². The number of nitrogens with one attached hydrogen (secondary N) is 1. The largest absolute Gasteiger partial charge is 0.492 e. The van der Waals surface area contributed by atoms with Gasteiger partial charge in [-0.05, 0) is 69.4 Å². The molecule has 2 heterocycles. The highest BCUT2D eigenvalue weighted by molar-refractivity contribution is 9.11. The lowest BCUT2D eigenvalue weighted by molar-refractivity contribution is 0.228. The lowest BCUT2D eigenvalue weighted by atomic mass is 9.86. The number of piperidine rings is 1.